The van der Waals surface area contributed by atoms with Crippen LogP contribution >= 0.6 is 0 Å². The molecule has 0 aliphatic heterocycles. The fraction of sp³-hybridized carbons (Fsp3) is 0.364. The van der Waals surface area contributed by atoms with Crippen LogP contribution in [0.5, 0.6) is 0 Å². The highest BCUT2D eigenvalue weighted by Crippen LogP contribution is 2.27. The molecule has 0 unspecified atom stereocenters. The summed E-state index contributed by atoms with van der Waals surface area (Å²) >= 11 is 0. The van der Waals surface area contributed by atoms with E-state index in [1.165, 1.54) is 30.3 Å². The molecule has 1 aliphatic rings. The number of ketones is 1. The second kappa shape index (κ2) is 10.2. The van der Waals surface area contributed by atoms with E-state index >= 15 is 0 Å². The van der Waals surface area contributed by atoms with E-state index in [2.05, 4.69) is 20.4 Å². The molecule has 3 atom stereocenters. The van der Waals surface area contributed by atoms with Crippen molar-refractivity contribution in [3.05, 3.63) is 71.2 Å². The van der Waals surface area contributed by atoms with Crippen molar-refractivity contribution in [1.82, 2.24) is 24.5 Å². The lowest BCUT2D eigenvalue weighted by molar-refractivity contribution is 0.0636. The first-order valence-corrected chi connectivity index (χ1v) is 12.3. The third kappa shape index (κ3) is 5.88. The molecular formula is C22H25FN6O5S. The largest absolute Gasteiger partial charge is 0.390 e. The summed E-state index contributed by atoms with van der Waals surface area (Å²) in [4.78, 5) is 21.2. The summed E-state index contributed by atoms with van der Waals surface area (Å²) in [5.74, 6) is -0.503. The molecular weight excluding hydrogens is 479 g/mol. The van der Waals surface area contributed by atoms with Crippen LogP contribution in [-0.2, 0) is 21.0 Å². The van der Waals surface area contributed by atoms with Crippen molar-refractivity contribution in [2.45, 2.75) is 44.6 Å². The number of halogens is 1. The van der Waals surface area contributed by atoms with Gasteiger partial charge in [0, 0.05) is 25.5 Å². The van der Waals surface area contributed by atoms with Crippen molar-refractivity contribution in [2.75, 3.05) is 12.4 Å². The lowest BCUT2D eigenvalue weighted by atomic mass is 10.1. The van der Waals surface area contributed by atoms with Crippen LogP contribution in [0, 0.1) is 12.7 Å². The molecule has 3 aromatic rings. The monoisotopic (exact) mass is 504 g/mol. The molecule has 2 aromatic heterocycles. The average Bonchev–Trinajstić information content (AvgIpc) is 3.42. The molecule has 3 N–H and O–H groups in total. The van der Waals surface area contributed by atoms with Crippen LogP contribution in [0.4, 0.5) is 10.2 Å². The standard InChI is InChI=1S/C22H25FN6O5S/c1-13-3-4-14(7-17(13)23)11-29-6-5-18(28-29)21(31)16-10-25-12-26-22(16)27-15-8-19(30)20(9-15)34-35(32,33)24-2/h3-7,10,12,15,19-20,24,30H,8-9,11H2,1-2H3,(H,25,26,27)/t15-,19+,20-/m1/s1. The summed E-state index contributed by atoms with van der Waals surface area (Å²) in [5, 5.41) is 17.6. The molecule has 186 valence electrons. The van der Waals surface area contributed by atoms with Crippen molar-refractivity contribution in [2.24, 2.45) is 0 Å². The molecule has 1 aromatic carbocycles. The number of nitrogens with zero attached hydrogens (tertiary/aromatic N) is 4. The molecule has 0 saturated heterocycles. The number of aromatic nitrogens is 4. The summed E-state index contributed by atoms with van der Waals surface area (Å²) < 4.78 is 45.7. The van der Waals surface area contributed by atoms with E-state index < -0.39 is 34.3 Å². The van der Waals surface area contributed by atoms with Crippen molar-refractivity contribution in [3.8, 4) is 0 Å². The van der Waals surface area contributed by atoms with E-state index in [1.807, 2.05) is 4.72 Å². The van der Waals surface area contributed by atoms with Crippen molar-refractivity contribution in [3.63, 3.8) is 0 Å². The van der Waals surface area contributed by atoms with Crippen LogP contribution < -0.4 is 10.0 Å². The minimum absolute atomic E-state index is 0.156. The number of benzene rings is 1. The number of aliphatic hydroxyl groups excluding tert-OH is 1. The highest BCUT2D eigenvalue weighted by molar-refractivity contribution is 7.84. The Morgan fingerprint density at radius 1 is 1.31 bits per heavy atom. The second-order valence-electron chi connectivity index (χ2n) is 8.27. The first-order valence-electron chi connectivity index (χ1n) is 10.8. The van der Waals surface area contributed by atoms with E-state index in [0.717, 1.165) is 0 Å². The van der Waals surface area contributed by atoms with Gasteiger partial charge in [0.1, 0.15) is 29.8 Å². The molecule has 0 radical (unpaired) electrons. The number of aryl methyl sites for hydroxylation is 1. The smallest absolute Gasteiger partial charge is 0.335 e. The Morgan fingerprint density at radius 3 is 2.86 bits per heavy atom. The van der Waals surface area contributed by atoms with Gasteiger partial charge in [-0.05, 0) is 43.0 Å². The van der Waals surface area contributed by atoms with Gasteiger partial charge in [0.05, 0.1) is 18.2 Å². The Labute approximate surface area is 201 Å². The Hall–Kier alpha value is -3.26. The molecule has 0 bridgehead atoms. The normalized spacial score (nSPS) is 20.2. The fourth-order valence-electron chi connectivity index (χ4n) is 3.84. The van der Waals surface area contributed by atoms with Gasteiger partial charge in [-0.25, -0.2) is 14.4 Å². The topological polar surface area (TPSA) is 148 Å². The number of hydrogen-bond acceptors (Lipinski definition) is 9. The molecule has 13 heteroatoms. The molecule has 1 fully saturated rings. The molecule has 0 amide bonds. The van der Waals surface area contributed by atoms with Gasteiger partial charge in [0.2, 0.25) is 5.78 Å². The van der Waals surface area contributed by atoms with Crippen molar-refractivity contribution in [1.29, 1.82) is 0 Å². The lowest BCUT2D eigenvalue weighted by Crippen LogP contribution is -2.31. The summed E-state index contributed by atoms with van der Waals surface area (Å²) in [5.41, 5.74) is 1.58. The number of carbonyl (C=O) groups is 1. The highest BCUT2D eigenvalue weighted by atomic mass is 32.2. The molecule has 1 saturated carbocycles. The zero-order valence-electron chi connectivity index (χ0n) is 19.1. The first-order chi connectivity index (χ1) is 16.6. The zero-order chi connectivity index (χ0) is 25.2. The maximum Gasteiger partial charge on any atom is 0.335 e. The van der Waals surface area contributed by atoms with Crippen LogP contribution in [0.15, 0.2) is 43.0 Å². The van der Waals surface area contributed by atoms with Crippen LogP contribution in [-0.4, -0.2) is 64.4 Å². The minimum Gasteiger partial charge on any atom is -0.390 e. The van der Waals surface area contributed by atoms with E-state index in [1.54, 1.807) is 31.3 Å². The summed E-state index contributed by atoms with van der Waals surface area (Å²) in [6, 6.07) is 6.07. The number of aliphatic hydroxyl groups is 1. The molecule has 1 aliphatic carbocycles. The predicted octanol–water partition coefficient (Wildman–Crippen LogP) is 1.18. The van der Waals surface area contributed by atoms with Crippen LogP contribution in [0.1, 0.15) is 40.0 Å². The Morgan fingerprint density at radius 2 is 2.11 bits per heavy atom. The zero-order valence-corrected chi connectivity index (χ0v) is 19.9. The fourth-order valence-corrected chi connectivity index (χ4v) is 4.47. The quantitative estimate of drug-likeness (QED) is 0.365. The highest BCUT2D eigenvalue weighted by Gasteiger charge is 2.37. The number of carbonyl (C=O) groups excluding carboxylic acids is 1. The SMILES string of the molecule is CNS(=O)(=O)O[C@@H]1C[C@H](Nc2ncncc2C(=O)c2ccn(Cc3ccc(C)c(F)c3)n2)C[C@@H]1O. The van der Waals surface area contributed by atoms with E-state index in [0.29, 0.717) is 11.1 Å². The average molecular weight is 505 g/mol. The van der Waals surface area contributed by atoms with Gasteiger partial charge in [-0.3, -0.25) is 13.7 Å². The maximum atomic E-state index is 13.8. The summed E-state index contributed by atoms with van der Waals surface area (Å²) in [6.45, 7) is 1.97. The second-order valence-corrected chi connectivity index (χ2v) is 9.78. The van der Waals surface area contributed by atoms with Crippen LogP contribution in [0.25, 0.3) is 0 Å². The predicted molar refractivity (Wildman–Crippen MR) is 123 cm³/mol. The van der Waals surface area contributed by atoms with Gasteiger partial charge < -0.3 is 10.4 Å². The van der Waals surface area contributed by atoms with Gasteiger partial charge >= 0.3 is 10.3 Å². The molecule has 2 heterocycles. The maximum absolute atomic E-state index is 13.8. The van der Waals surface area contributed by atoms with E-state index in [-0.39, 0.29) is 42.3 Å². The van der Waals surface area contributed by atoms with Crippen molar-refractivity contribution >= 4 is 21.9 Å². The van der Waals surface area contributed by atoms with Gasteiger partial charge in [0.15, 0.2) is 0 Å². The minimum atomic E-state index is -3.96. The van der Waals surface area contributed by atoms with Gasteiger partial charge in [-0.15, -0.1) is 0 Å². The van der Waals surface area contributed by atoms with Gasteiger partial charge in [0.25, 0.3) is 0 Å². The van der Waals surface area contributed by atoms with Crippen LogP contribution in [0.2, 0.25) is 0 Å². The Kier molecular flexibility index (Phi) is 7.21. The number of anilines is 1. The third-order valence-electron chi connectivity index (χ3n) is 5.72. The molecule has 0 spiro atoms. The molecule has 35 heavy (non-hydrogen) atoms. The van der Waals surface area contributed by atoms with Gasteiger partial charge in [-0.1, -0.05) is 12.1 Å². The van der Waals surface area contributed by atoms with Crippen molar-refractivity contribution < 1.29 is 26.9 Å². The molecule has 11 nitrogen and oxygen atoms in total. The van der Waals surface area contributed by atoms with E-state index in [4.69, 9.17) is 4.18 Å². The first kappa shape index (κ1) is 24.9. The number of nitrogens with one attached hydrogen (secondary N) is 2. The number of rotatable bonds is 9. The summed E-state index contributed by atoms with van der Waals surface area (Å²) in [7, 11) is -2.75. The number of hydrogen-bond donors (Lipinski definition) is 3. The summed E-state index contributed by atoms with van der Waals surface area (Å²) in [6.07, 6.45) is 2.68. The lowest BCUT2D eigenvalue weighted by Gasteiger charge is -2.15. The Balaban J connectivity index is 1.46. The van der Waals surface area contributed by atoms with E-state index in [9.17, 15) is 22.7 Å². The molecule has 4 rings (SSSR count). The van der Waals surface area contributed by atoms with Gasteiger partial charge in [-0.2, -0.15) is 18.2 Å². The third-order valence-corrected chi connectivity index (χ3v) is 6.72. The van der Waals surface area contributed by atoms with Crippen LogP contribution in [0.3, 0.4) is 0 Å². The Bertz CT molecular complexity index is 1330.